The number of carbonyl (C=O) groups is 1. The monoisotopic (exact) mass is 257 g/mol. The topological polar surface area (TPSA) is 75.1 Å². The zero-order valence-corrected chi connectivity index (χ0v) is 10.7. The van der Waals surface area contributed by atoms with Crippen LogP contribution in [0.2, 0.25) is 5.15 Å². The van der Waals surface area contributed by atoms with E-state index in [4.69, 9.17) is 11.6 Å². The van der Waals surface area contributed by atoms with Crippen molar-refractivity contribution >= 4 is 17.5 Å². The molecule has 1 rings (SSSR count). The number of amides is 1. The van der Waals surface area contributed by atoms with Gasteiger partial charge < -0.3 is 10.4 Å². The van der Waals surface area contributed by atoms with Gasteiger partial charge in [0, 0.05) is 6.54 Å². The third-order valence-electron chi connectivity index (χ3n) is 2.75. The molecule has 0 aromatic carbocycles. The van der Waals surface area contributed by atoms with E-state index in [1.807, 2.05) is 13.8 Å². The Morgan fingerprint density at radius 3 is 2.53 bits per heavy atom. The van der Waals surface area contributed by atoms with Gasteiger partial charge in [-0.2, -0.15) is 0 Å². The second kappa shape index (κ2) is 5.93. The van der Waals surface area contributed by atoms with Gasteiger partial charge in [-0.15, -0.1) is 0 Å². The molecule has 17 heavy (non-hydrogen) atoms. The summed E-state index contributed by atoms with van der Waals surface area (Å²) in [5.41, 5.74) is -0.681. The van der Waals surface area contributed by atoms with Gasteiger partial charge in [-0.25, -0.2) is 9.97 Å². The maximum Gasteiger partial charge on any atom is 0.271 e. The maximum atomic E-state index is 11.7. The molecule has 0 fully saturated rings. The number of nitrogens with one attached hydrogen (secondary N) is 1. The lowest BCUT2D eigenvalue weighted by Gasteiger charge is -2.25. The molecule has 6 heteroatoms. The minimum Gasteiger partial charge on any atom is -0.388 e. The summed E-state index contributed by atoms with van der Waals surface area (Å²) in [6, 6.07) is 0. The quantitative estimate of drug-likeness (QED) is 0.836. The van der Waals surface area contributed by atoms with Gasteiger partial charge in [0.2, 0.25) is 0 Å². The molecule has 0 saturated heterocycles. The van der Waals surface area contributed by atoms with Crippen LogP contribution in [0.5, 0.6) is 0 Å². The molecule has 0 aliphatic rings. The summed E-state index contributed by atoms with van der Waals surface area (Å²) in [5, 5.41) is 12.9. The summed E-state index contributed by atoms with van der Waals surface area (Å²) in [7, 11) is 0. The Morgan fingerprint density at radius 1 is 1.41 bits per heavy atom. The Labute approximate surface area is 105 Å². The lowest BCUT2D eigenvalue weighted by molar-refractivity contribution is 0.0313. The van der Waals surface area contributed by atoms with Crippen molar-refractivity contribution in [3.8, 4) is 0 Å². The van der Waals surface area contributed by atoms with Crippen LogP contribution in [0.25, 0.3) is 0 Å². The lowest BCUT2D eigenvalue weighted by atomic mass is 9.97. The Morgan fingerprint density at radius 2 is 2.06 bits per heavy atom. The smallest absolute Gasteiger partial charge is 0.271 e. The standard InChI is InChI=1S/C11H16ClN3O2/c1-3-11(17,4-2)7-15-10(16)8-5-14-9(12)6-13-8/h5-6,17H,3-4,7H2,1-2H3,(H,15,16). The molecule has 1 aromatic heterocycles. The summed E-state index contributed by atoms with van der Waals surface area (Å²) in [6.45, 7) is 3.94. The minimum absolute atomic E-state index is 0.184. The first-order valence-electron chi connectivity index (χ1n) is 5.49. The Bertz CT molecular complexity index is 377. The molecule has 0 bridgehead atoms. The molecule has 5 nitrogen and oxygen atoms in total. The first kappa shape index (κ1) is 13.9. The molecule has 0 aliphatic heterocycles. The maximum absolute atomic E-state index is 11.7. The predicted octanol–water partition coefficient (Wildman–Crippen LogP) is 1.41. The highest BCUT2D eigenvalue weighted by atomic mass is 35.5. The molecular formula is C11H16ClN3O2. The molecule has 1 heterocycles. The molecule has 0 unspecified atom stereocenters. The Hall–Kier alpha value is -1.20. The van der Waals surface area contributed by atoms with Crippen LogP contribution in [-0.2, 0) is 0 Å². The van der Waals surface area contributed by atoms with Gasteiger partial charge in [-0.05, 0) is 12.8 Å². The van der Waals surface area contributed by atoms with Gasteiger partial charge in [0.15, 0.2) is 0 Å². The fourth-order valence-electron chi connectivity index (χ4n) is 1.26. The van der Waals surface area contributed by atoms with E-state index in [1.54, 1.807) is 0 Å². The molecule has 0 radical (unpaired) electrons. The fourth-order valence-corrected chi connectivity index (χ4v) is 1.36. The van der Waals surface area contributed by atoms with E-state index < -0.39 is 5.60 Å². The molecule has 0 saturated carbocycles. The molecule has 94 valence electrons. The van der Waals surface area contributed by atoms with E-state index in [1.165, 1.54) is 12.4 Å². The second-order valence-electron chi connectivity index (χ2n) is 3.84. The molecule has 2 N–H and O–H groups in total. The van der Waals surface area contributed by atoms with Crippen LogP contribution in [0.4, 0.5) is 0 Å². The molecule has 0 spiro atoms. The zero-order chi connectivity index (χ0) is 12.9. The first-order valence-corrected chi connectivity index (χ1v) is 5.86. The van der Waals surface area contributed by atoms with Crippen molar-refractivity contribution < 1.29 is 9.90 Å². The van der Waals surface area contributed by atoms with E-state index in [2.05, 4.69) is 15.3 Å². The van der Waals surface area contributed by atoms with Crippen LogP contribution in [0.3, 0.4) is 0 Å². The van der Waals surface area contributed by atoms with Crippen LogP contribution >= 0.6 is 11.6 Å². The third-order valence-corrected chi connectivity index (χ3v) is 2.94. The van der Waals surface area contributed by atoms with Gasteiger partial charge in [0.1, 0.15) is 10.8 Å². The average molecular weight is 258 g/mol. The molecule has 0 atom stereocenters. The van der Waals surface area contributed by atoms with Gasteiger partial charge >= 0.3 is 0 Å². The van der Waals surface area contributed by atoms with Gasteiger partial charge in [-0.1, -0.05) is 25.4 Å². The largest absolute Gasteiger partial charge is 0.388 e. The number of rotatable bonds is 5. The number of hydrogen-bond acceptors (Lipinski definition) is 4. The molecule has 0 aliphatic carbocycles. The third kappa shape index (κ3) is 3.94. The highest BCUT2D eigenvalue weighted by molar-refractivity contribution is 6.29. The van der Waals surface area contributed by atoms with Crippen LogP contribution in [0.1, 0.15) is 37.2 Å². The summed E-state index contributed by atoms with van der Waals surface area (Å²) >= 11 is 5.57. The lowest BCUT2D eigenvalue weighted by Crippen LogP contribution is -2.42. The van der Waals surface area contributed by atoms with Crippen molar-refractivity contribution in [2.45, 2.75) is 32.3 Å². The number of aliphatic hydroxyl groups is 1. The van der Waals surface area contributed by atoms with Crippen molar-refractivity contribution in [3.05, 3.63) is 23.2 Å². The van der Waals surface area contributed by atoms with E-state index in [9.17, 15) is 9.90 Å². The second-order valence-corrected chi connectivity index (χ2v) is 4.23. The predicted molar refractivity (Wildman–Crippen MR) is 64.9 cm³/mol. The minimum atomic E-state index is -0.866. The normalized spacial score (nSPS) is 11.3. The Balaban J connectivity index is 2.58. The highest BCUT2D eigenvalue weighted by Crippen LogP contribution is 2.13. The van der Waals surface area contributed by atoms with Crippen LogP contribution in [0.15, 0.2) is 12.4 Å². The van der Waals surface area contributed by atoms with Crippen molar-refractivity contribution in [2.75, 3.05) is 6.54 Å². The number of aromatic nitrogens is 2. The van der Waals surface area contributed by atoms with E-state index in [0.29, 0.717) is 12.8 Å². The first-order chi connectivity index (χ1) is 8.00. The summed E-state index contributed by atoms with van der Waals surface area (Å²) in [4.78, 5) is 19.3. The van der Waals surface area contributed by atoms with Crippen molar-refractivity contribution in [1.29, 1.82) is 0 Å². The van der Waals surface area contributed by atoms with Crippen molar-refractivity contribution in [1.82, 2.24) is 15.3 Å². The van der Waals surface area contributed by atoms with E-state index in [0.717, 1.165) is 0 Å². The molecule has 1 aromatic rings. The summed E-state index contributed by atoms with van der Waals surface area (Å²) < 4.78 is 0. The highest BCUT2D eigenvalue weighted by Gasteiger charge is 2.23. The number of hydrogen-bond donors (Lipinski definition) is 2. The van der Waals surface area contributed by atoms with Crippen molar-refractivity contribution in [2.24, 2.45) is 0 Å². The van der Waals surface area contributed by atoms with Gasteiger partial charge in [-0.3, -0.25) is 4.79 Å². The SMILES string of the molecule is CCC(O)(CC)CNC(=O)c1cnc(Cl)cn1. The van der Waals surface area contributed by atoms with Crippen LogP contribution in [0, 0.1) is 0 Å². The van der Waals surface area contributed by atoms with Gasteiger partial charge in [0.25, 0.3) is 5.91 Å². The Kier molecular flexibility index (Phi) is 4.84. The van der Waals surface area contributed by atoms with Crippen molar-refractivity contribution in [3.63, 3.8) is 0 Å². The zero-order valence-electron chi connectivity index (χ0n) is 9.90. The fraction of sp³-hybridized carbons (Fsp3) is 0.545. The number of carbonyl (C=O) groups excluding carboxylic acids is 1. The van der Waals surface area contributed by atoms with Gasteiger partial charge in [0.05, 0.1) is 18.0 Å². The average Bonchev–Trinajstić information content (AvgIpc) is 2.36. The van der Waals surface area contributed by atoms with Crippen LogP contribution < -0.4 is 5.32 Å². The summed E-state index contributed by atoms with van der Waals surface area (Å²) in [6.07, 6.45) is 3.77. The summed E-state index contributed by atoms with van der Waals surface area (Å²) in [5.74, 6) is -0.366. The van der Waals surface area contributed by atoms with Crippen LogP contribution in [-0.4, -0.2) is 33.1 Å². The molecular weight excluding hydrogens is 242 g/mol. The van der Waals surface area contributed by atoms with E-state index >= 15 is 0 Å². The number of nitrogens with zero attached hydrogens (tertiary/aromatic N) is 2. The molecule has 1 amide bonds. The number of halogens is 1. The van der Waals surface area contributed by atoms with E-state index in [-0.39, 0.29) is 23.3 Å².